The Balaban J connectivity index is 3.34. The first kappa shape index (κ1) is 24.7. The fourth-order valence-electron chi connectivity index (χ4n) is 2.39. The summed E-state index contributed by atoms with van der Waals surface area (Å²) in [5, 5.41) is 0. The first-order valence-electron chi connectivity index (χ1n) is 7.79. The van der Waals surface area contributed by atoms with Crippen LogP contribution in [0.2, 0.25) is 0 Å². The lowest BCUT2D eigenvalue weighted by Crippen LogP contribution is -2.64. The molecular weight excluding hydrogens is 447 g/mol. The van der Waals surface area contributed by atoms with Gasteiger partial charge in [-0.1, -0.05) is 34.8 Å². The fraction of sp³-hybridized carbons (Fsp3) is 0.733. The van der Waals surface area contributed by atoms with Gasteiger partial charge in [-0.3, -0.25) is 14.4 Å². The molecule has 160 valence electrons. The van der Waals surface area contributed by atoms with E-state index in [-0.39, 0.29) is 0 Å². The molecule has 1 aliphatic heterocycles. The second-order valence-corrected chi connectivity index (χ2v) is 8.11. The maximum atomic E-state index is 12.1. The lowest BCUT2D eigenvalue weighted by Gasteiger charge is -2.43. The van der Waals surface area contributed by atoms with Gasteiger partial charge in [0.2, 0.25) is 3.79 Å². The van der Waals surface area contributed by atoms with E-state index in [0.717, 1.165) is 27.9 Å². The van der Waals surface area contributed by atoms with Crippen molar-refractivity contribution < 1.29 is 47.6 Å². The fourth-order valence-corrected chi connectivity index (χ4v) is 2.58. The predicted molar refractivity (Wildman–Crippen MR) is 93.6 cm³/mol. The number of hydrogen-bond donors (Lipinski definition) is 0. The van der Waals surface area contributed by atoms with Gasteiger partial charge in [-0.05, 0) is 0 Å². The molecular formula is C15H19Cl3O10. The van der Waals surface area contributed by atoms with Gasteiger partial charge in [-0.2, -0.15) is 0 Å². The van der Waals surface area contributed by atoms with Gasteiger partial charge in [-0.25, -0.2) is 4.79 Å². The number of rotatable bonds is 6. The number of halogens is 3. The highest BCUT2D eigenvalue weighted by Crippen LogP contribution is 2.33. The first-order valence-corrected chi connectivity index (χ1v) is 8.92. The van der Waals surface area contributed by atoms with Crippen LogP contribution in [-0.2, 0) is 47.6 Å². The molecule has 1 saturated heterocycles. The standard InChI is InChI=1S/C15H19Cl3O10/c1-6(19)25-9-10(26-7(2)20)12(27-8(3)21)14(24-5-15(16,17)18)28-11(9)13(22)23-4/h9-12,14H,5H2,1-4H3/t9-,10-,11-,12+,14-/m0/s1. The average molecular weight is 466 g/mol. The van der Waals surface area contributed by atoms with E-state index >= 15 is 0 Å². The Labute approximate surface area is 175 Å². The molecule has 0 spiro atoms. The van der Waals surface area contributed by atoms with Crippen LogP contribution in [0.3, 0.4) is 0 Å². The minimum absolute atomic E-state index is 0.529. The summed E-state index contributed by atoms with van der Waals surface area (Å²) in [6, 6.07) is 0. The van der Waals surface area contributed by atoms with Crippen molar-refractivity contribution in [3.05, 3.63) is 0 Å². The van der Waals surface area contributed by atoms with Crippen molar-refractivity contribution in [1.29, 1.82) is 0 Å². The Morgan fingerprint density at radius 1 is 0.857 bits per heavy atom. The van der Waals surface area contributed by atoms with Crippen LogP contribution in [0.15, 0.2) is 0 Å². The van der Waals surface area contributed by atoms with Gasteiger partial charge in [-0.15, -0.1) is 0 Å². The molecule has 0 radical (unpaired) electrons. The van der Waals surface area contributed by atoms with Crippen LogP contribution < -0.4 is 0 Å². The number of ether oxygens (including phenoxy) is 6. The van der Waals surface area contributed by atoms with Crippen LogP contribution in [0.1, 0.15) is 20.8 Å². The zero-order chi connectivity index (χ0) is 21.6. The topological polar surface area (TPSA) is 124 Å². The maximum absolute atomic E-state index is 12.1. The number of esters is 4. The van der Waals surface area contributed by atoms with Crippen LogP contribution in [0.25, 0.3) is 0 Å². The first-order chi connectivity index (χ1) is 12.9. The molecule has 0 aromatic heterocycles. The van der Waals surface area contributed by atoms with Crippen molar-refractivity contribution >= 4 is 58.7 Å². The molecule has 1 aliphatic rings. The quantitative estimate of drug-likeness (QED) is 0.319. The molecule has 28 heavy (non-hydrogen) atoms. The van der Waals surface area contributed by atoms with Crippen LogP contribution in [0, 0.1) is 0 Å². The van der Waals surface area contributed by atoms with Crippen LogP contribution in [0.5, 0.6) is 0 Å². The summed E-state index contributed by atoms with van der Waals surface area (Å²) in [4.78, 5) is 46.8. The number of hydrogen-bond acceptors (Lipinski definition) is 10. The highest BCUT2D eigenvalue weighted by atomic mass is 35.6. The van der Waals surface area contributed by atoms with Crippen LogP contribution in [0.4, 0.5) is 0 Å². The van der Waals surface area contributed by atoms with Gasteiger partial charge >= 0.3 is 23.9 Å². The lowest BCUT2D eigenvalue weighted by molar-refractivity contribution is -0.301. The van der Waals surface area contributed by atoms with Crippen molar-refractivity contribution in [3.63, 3.8) is 0 Å². The summed E-state index contributed by atoms with van der Waals surface area (Å²) in [5.41, 5.74) is 0. The summed E-state index contributed by atoms with van der Waals surface area (Å²) in [6.07, 6.45) is -7.50. The molecule has 0 N–H and O–H groups in total. The summed E-state index contributed by atoms with van der Waals surface area (Å²) in [5.74, 6) is -3.40. The van der Waals surface area contributed by atoms with Crippen molar-refractivity contribution in [2.75, 3.05) is 13.7 Å². The van der Waals surface area contributed by atoms with Crippen LogP contribution >= 0.6 is 34.8 Å². The Morgan fingerprint density at radius 2 is 1.32 bits per heavy atom. The van der Waals surface area contributed by atoms with Gasteiger partial charge < -0.3 is 28.4 Å². The van der Waals surface area contributed by atoms with E-state index in [2.05, 4.69) is 4.74 Å². The molecule has 0 aromatic carbocycles. The smallest absolute Gasteiger partial charge is 0.339 e. The summed E-state index contributed by atoms with van der Waals surface area (Å²) in [7, 11) is 1.06. The molecule has 1 fully saturated rings. The Kier molecular flexibility index (Phi) is 9.22. The summed E-state index contributed by atoms with van der Waals surface area (Å²) < 4.78 is 28.9. The highest BCUT2D eigenvalue weighted by Gasteiger charge is 2.55. The van der Waals surface area contributed by atoms with Crippen molar-refractivity contribution in [3.8, 4) is 0 Å². The Hall–Kier alpha value is -1.33. The van der Waals surface area contributed by atoms with E-state index in [4.69, 9.17) is 58.5 Å². The molecule has 1 rings (SSSR count). The molecule has 0 aromatic rings. The zero-order valence-corrected chi connectivity index (χ0v) is 17.6. The maximum Gasteiger partial charge on any atom is 0.339 e. The molecule has 0 saturated carbocycles. The van der Waals surface area contributed by atoms with E-state index < -0.39 is 65.0 Å². The summed E-state index contributed by atoms with van der Waals surface area (Å²) >= 11 is 16.9. The molecule has 0 aliphatic carbocycles. The number of carbonyl (C=O) groups excluding carboxylic acids is 4. The predicted octanol–water partition coefficient (Wildman–Crippen LogP) is 1.07. The minimum Gasteiger partial charge on any atom is -0.467 e. The third kappa shape index (κ3) is 7.59. The molecule has 1 heterocycles. The van der Waals surface area contributed by atoms with Gasteiger partial charge in [0, 0.05) is 20.8 Å². The average Bonchev–Trinajstić information content (AvgIpc) is 2.54. The van der Waals surface area contributed by atoms with E-state index in [1.807, 2.05) is 0 Å². The van der Waals surface area contributed by atoms with Gasteiger partial charge in [0.15, 0.2) is 30.7 Å². The number of methoxy groups -OCH3 is 1. The van der Waals surface area contributed by atoms with Gasteiger partial charge in [0.05, 0.1) is 13.7 Å². The van der Waals surface area contributed by atoms with Crippen molar-refractivity contribution in [1.82, 2.24) is 0 Å². The van der Waals surface area contributed by atoms with E-state index in [0.29, 0.717) is 0 Å². The molecule has 13 heteroatoms. The zero-order valence-electron chi connectivity index (χ0n) is 15.3. The third-order valence-corrected chi connectivity index (χ3v) is 3.57. The van der Waals surface area contributed by atoms with E-state index in [1.165, 1.54) is 0 Å². The second-order valence-electron chi connectivity index (χ2n) is 5.60. The van der Waals surface area contributed by atoms with Gasteiger partial charge in [0.25, 0.3) is 0 Å². The SMILES string of the molecule is COC(=O)[C@H]1O[C@H](OCC(Cl)(Cl)Cl)[C@H](OC(C)=O)[C@@H](OC(C)=O)[C@@H]1OC(C)=O. The van der Waals surface area contributed by atoms with Crippen molar-refractivity contribution in [2.24, 2.45) is 0 Å². The van der Waals surface area contributed by atoms with Crippen molar-refractivity contribution in [2.45, 2.75) is 55.3 Å². The lowest BCUT2D eigenvalue weighted by atomic mass is 9.97. The molecule has 0 amide bonds. The minimum atomic E-state index is -1.87. The molecule has 0 unspecified atom stereocenters. The van der Waals surface area contributed by atoms with E-state index in [9.17, 15) is 19.2 Å². The Morgan fingerprint density at radius 3 is 1.75 bits per heavy atom. The summed E-state index contributed by atoms with van der Waals surface area (Å²) in [6.45, 7) is 2.67. The number of carbonyl (C=O) groups is 4. The molecule has 0 bridgehead atoms. The number of alkyl halides is 3. The largest absolute Gasteiger partial charge is 0.467 e. The monoisotopic (exact) mass is 464 g/mol. The molecule has 5 atom stereocenters. The van der Waals surface area contributed by atoms with E-state index in [1.54, 1.807) is 0 Å². The normalized spacial score (nSPS) is 27.5. The molecule has 10 nitrogen and oxygen atoms in total. The van der Waals surface area contributed by atoms with Crippen LogP contribution in [-0.4, -0.2) is 72.1 Å². The Bertz CT molecular complexity index is 605. The second kappa shape index (κ2) is 10.4. The third-order valence-electron chi connectivity index (χ3n) is 3.25. The van der Waals surface area contributed by atoms with Gasteiger partial charge in [0.1, 0.15) is 0 Å². The highest BCUT2D eigenvalue weighted by molar-refractivity contribution is 6.67.